The number of benzene rings is 2. The Morgan fingerprint density at radius 2 is 1.62 bits per heavy atom. The van der Waals surface area contributed by atoms with Crippen molar-refractivity contribution in [2.45, 2.75) is 33.2 Å². The first kappa shape index (κ1) is 19.2. The van der Waals surface area contributed by atoms with Crippen LogP contribution in [-0.2, 0) is 16.0 Å². The number of carboxylic acids is 1. The molecule has 1 atom stereocenters. The Labute approximate surface area is 152 Å². The minimum atomic E-state index is -1.11. The summed E-state index contributed by atoms with van der Waals surface area (Å²) in [5.41, 5.74) is 3.41. The molecule has 136 valence electrons. The summed E-state index contributed by atoms with van der Waals surface area (Å²) >= 11 is 0. The third-order valence-corrected chi connectivity index (χ3v) is 4.14. The minimum absolute atomic E-state index is 0.182. The van der Waals surface area contributed by atoms with Crippen molar-refractivity contribution in [3.05, 3.63) is 64.7 Å². The molecule has 0 saturated heterocycles. The van der Waals surface area contributed by atoms with E-state index in [1.807, 2.05) is 32.0 Å². The molecule has 0 aromatic heterocycles. The van der Waals surface area contributed by atoms with Gasteiger partial charge in [0.15, 0.2) is 0 Å². The van der Waals surface area contributed by atoms with Crippen molar-refractivity contribution in [1.29, 1.82) is 0 Å². The molecule has 6 nitrogen and oxygen atoms in total. The van der Waals surface area contributed by atoms with Crippen LogP contribution in [0.25, 0.3) is 0 Å². The van der Waals surface area contributed by atoms with Gasteiger partial charge in [0.25, 0.3) is 5.91 Å². The van der Waals surface area contributed by atoms with E-state index in [0.29, 0.717) is 5.69 Å². The highest BCUT2D eigenvalue weighted by molar-refractivity contribution is 6.04. The van der Waals surface area contributed by atoms with Crippen LogP contribution in [0.5, 0.6) is 0 Å². The molecule has 0 fully saturated rings. The number of aliphatic carboxylic acids is 1. The molecule has 2 amide bonds. The normalized spacial score (nSPS) is 11.5. The van der Waals surface area contributed by atoms with Gasteiger partial charge in [0.2, 0.25) is 5.91 Å². The van der Waals surface area contributed by atoms with Crippen LogP contribution in [0, 0.1) is 13.8 Å². The lowest BCUT2D eigenvalue weighted by molar-refractivity contribution is -0.139. The molecule has 0 saturated carbocycles. The van der Waals surface area contributed by atoms with Gasteiger partial charge >= 0.3 is 5.97 Å². The number of carboxylic acid groups (broad SMARTS) is 1. The Balaban J connectivity index is 2.24. The molecule has 6 heteroatoms. The Hall–Kier alpha value is -3.15. The molecule has 0 spiro atoms. The average Bonchev–Trinajstić information content (AvgIpc) is 2.56. The van der Waals surface area contributed by atoms with Crippen LogP contribution in [0.2, 0.25) is 0 Å². The van der Waals surface area contributed by atoms with Crippen molar-refractivity contribution in [3.63, 3.8) is 0 Å². The fourth-order valence-electron chi connectivity index (χ4n) is 2.79. The van der Waals surface area contributed by atoms with Crippen LogP contribution >= 0.6 is 0 Å². The number of anilines is 1. The Kier molecular flexibility index (Phi) is 6.11. The van der Waals surface area contributed by atoms with Crippen LogP contribution in [0.1, 0.15) is 34.0 Å². The first-order valence-electron chi connectivity index (χ1n) is 8.25. The van der Waals surface area contributed by atoms with Gasteiger partial charge in [-0.3, -0.25) is 9.59 Å². The molecule has 2 rings (SSSR count). The summed E-state index contributed by atoms with van der Waals surface area (Å²) in [5.74, 6) is -1.97. The van der Waals surface area contributed by atoms with Gasteiger partial charge in [-0.25, -0.2) is 4.79 Å². The van der Waals surface area contributed by atoms with Crippen molar-refractivity contribution >= 4 is 23.5 Å². The zero-order valence-corrected chi connectivity index (χ0v) is 15.0. The number of amides is 2. The van der Waals surface area contributed by atoms with Gasteiger partial charge in [-0.05, 0) is 42.7 Å². The smallest absolute Gasteiger partial charge is 0.326 e. The Morgan fingerprint density at radius 3 is 2.19 bits per heavy atom. The molecule has 0 unspecified atom stereocenters. The summed E-state index contributed by atoms with van der Waals surface area (Å²) in [5, 5.41) is 14.7. The zero-order chi connectivity index (χ0) is 19.3. The molecular formula is C20H22N2O4. The lowest BCUT2D eigenvalue weighted by atomic mass is 9.96. The van der Waals surface area contributed by atoms with Crippen molar-refractivity contribution in [2.75, 3.05) is 5.32 Å². The number of hydrogen-bond acceptors (Lipinski definition) is 3. The lowest BCUT2D eigenvalue weighted by Crippen LogP contribution is -2.42. The number of nitrogens with one attached hydrogen (secondary N) is 2. The molecule has 0 bridgehead atoms. The maximum atomic E-state index is 12.6. The quantitative estimate of drug-likeness (QED) is 0.743. The maximum absolute atomic E-state index is 12.6. The SMILES string of the molecule is CC(=O)Nc1ccccc1C(=O)N[C@@H](Cc1c(C)cccc1C)C(=O)O. The van der Waals surface area contributed by atoms with Gasteiger partial charge in [0.05, 0.1) is 11.3 Å². The molecule has 0 aliphatic heterocycles. The molecule has 2 aromatic rings. The topological polar surface area (TPSA) is 95.5 Å². The number of hydrogen-bond donors (Lipinski definition) is 3. The van der Waals surface area contributed by atoms with Crippen molar-refractivity contribution < 1.29 is 19.5 Å². The van der Waals surface area contributed by atoms with E-state index in [1.165, 1.54) is 6.92 Å². The van der Waals surface area contributed by atoms with E-state index in [9.17, 15) is 19.5 Å². The highest BCUT2D eigenvalue weighted by Crippen LogP contribution is 2.18. The number of rotatable bonds is 6. The first-order chi connectivity index (χ1) is 12.3. The standard InChI is InChI=1S/C20H22N2O4/c1-12-7-6-8-13(2)16(12)11-18(20(25)26)22-19(24)15-9-4-5-10-17(15)21-14(3)23/h4-10,18H,11H2,1-3H3,(H,21,23)(H,22,24)(H,25,26)/t18-/m0/s1. The van der Waals surface area contributed by atoms with Crippen molar-refractivity contribution in [2.24, 2.45) is 0 Å². The van der Waals surface area contributed by atoms with Crippen LogP contribution in [0.3, 0.4) is 0 Å². The van der Waals surface area contributed by atoms with E-state index in [2.05, 4.69) is 10.6 Å². The van der Waals surface area contributed by atoms with Crippen LogP contribution < -0.4 is 10.6 Å². The van der Waals surface area contributed by atoms with Gasteiger partial charge in [-0.1, -0.05) is 30.3 Å². The number of aryl methyl sites for hydroxylation is 2. The largest absolute Gasteiger partial charge is 0.480 e. The molecule has 3 N–H and O–H groups in total. The highest BCUT2D eigenvalue weighted by atomic mass is 16.4. The summed E-state index contributed by atoms with van der Waals surface area (Å²) in [4.78, 5) is 35.6. The summed E-state index contributed by atoms with van der Waals surface area (Å²) in [6.45, 7) is 5.17. The monoisotopic (exact) mass is 354 g/mol. The number of carbonyl (C=O) groups is 3. The third kappa shape index (κ3) is 4.69. The van der Waals surface area contributed by atoms with Crippen molar-refractivity contribution in [3.8, 4) is 0 Å². The zero-order valence-electron chi connectivity index (χ0n) is 15.0. The van der Waals surface area contributed by atoms with Gasteiger partial charge in [-0.2, -0.15) is 0 Å². The van der Waals surface area contributed by atoms with E-state index in [-0.39, 0.29) is 17.9 Å². The van der Waals surface area contributed by atoms with E-state index in [1.54, 1.807) is 24.3 Å². The van der Waals surface area contributed by atoms with Crippen LogP contribution in [0.15, 0.2) is 42.5 Å². The molecule has 0 heterocycles. The summed E-state index contributed by atoms with van der Waals surface area (Å²) in [7, 11) is 0. The fraction of sp³-hybridized carbons (Fsp3) is 0.250. The van der Waals surface area contributed by atoms with E-state index < -0.39 is 17.9 Å². The van der Waals surface area contributed by atoms with Gasteiger partial charge in [0, 0.05) is 13.3 Å². The summed E-state index contributed by atoms with van der Waals surface area (Å²) in [6.07, 6.45) is 0.182. The maximum Gasteiger partial charge on any atom is 0.326 e. The molecule has 26 heavy (non-hydrogen) atoms. The average molecular weight is 354 g/mol. The predicted molar refractivity (Wildman–Crippen MR) is 99.3 cm³/mol. The Bertz CT molecular complexity index is 825. The number of para-hydroxylation sites is 1. The predicted octanol–water partition coefficient (Wildman–Crippen LogP) is 2.69. The second-order valence-electron chi connectivity index (χ2n) is 6.17. The summed E-state index contributed by atoms with van der Waals surface area (Å²) < 4.78 is 0. The molecule has 0 aliphatic carbocycles. The first-order valence-corrected chi connectivity index (χ1v) is 8.25. The highest BCUT2D eigenvalue weighted by Gasteiger charge is 2.23. The van der Waals surface area contributed by atoms with Gasteiger partial charge < -0.3 is 15.7 Å². The molecule has 0 aliphatic rings. The molecular weight excluding hydrogens is 332 g/mol. The van der Waals surface area contributed by atoms with E-state index in [0.717, 1.165) is 16.7 Å². The minimum Gasteiger partial charge on any atom is -0.480 e. The second kappa shape index (κ2) is 8.29. The van der Waals surface area contributed by atoms with E-state index >= 15 is 0 Å². The van der Waals surface area contributed by atoms with Gasteiger partial charge in [-0.15, -0.1) is 0 Å². The second-order valence-corrected chi connectivity index (χ2v) is 6.17. The third-order valence-electron chi connectivity index (χ3n) is 4.14. The summed E-state index contributed by atoms with van der Waals surface area (Å²) in [6, 6.07) is 11.1. The number of carbonyl (C=O) groups excluding carboxylic acids is 2. The van der Waals surface area contributed by atoms with Crippen molar-refractivity contribution in [1.82, 2.24) is 5.32 Å². The Morgan fingerprint density at radius 1 is 1.00 bits per heavy atom. The van der Waals surface area contributed by atoms with Crippen LogP contribution in [-0.4, -0.2) is 28.9 Å². The van der Waals surface area contributed by atoms with E-state index in [4.69, 9.17) is 0 Å². The molecule has 2 aromatic carbocycles. The molecule has 0 radical (unpaired) electrons. The fourth-order valence-corrected chi connectivity index (χ4v) is 2.79. The van der Waals surface area contributed by atoms with Gasteiger partial charge in [0.1, 0.15) is 6.04 Å². The van der Waals surface area contributed by atoms with Crippen LogP contribution in [0.4, 0.5) is 5.69 Å². The lowest BCUT2D eigenvalue weighted by Gasteiger charge is -2.18.